The fourth-order valence-corrected chi connectivity index (χ4v) is 1.68. The molecule has 0 spiro atoms. The summed E-state index contributed by atoms with van der Waals surface area (Å²) in [6.07, 6.45) is 0. The summed E-state index contributed by atoms with van der Waals surface area (Å²) in [5.74, 6) is 0.311. The summed E-state index contributed by atoms with van der Waals surface area (Å²) in [5.41, 5.74) is 1.92. The maximum absolute atomic E-state index is 10.5. The number of aromatic nitrogens is 2. The lowest BCUT2D eigenvalue weighted by atomic mass is 10.1. The molecule has 20 heavy (non-hydrogen) atoms. The molecule has 0 aliphatic carbocycles. The first-order chi connectivity index (χ1) is 9.63. The molecule has 7 heteroatoms. The number of rotatable bonds is 3. The predicted octanol–water partition coefficient (Wildman–Crippen LogP) is 3.21. The van der Waals surface area contributed by atoms with Gasteiger partial charge in [0.15, 0.2) is 5.76 Å². The van der Waals surface area contributed by atoms with Crippen LogP contribution in [0.15, 0.2) is 45.3 Å². The van der Waals surface area contributed by atoms with Gasteiger partial charge in [-0.25, -0.2) is 0 Å². The first-order valence-electron chi connectivity index (χ1n) is 5.79. The number of aryl methyl sites for hydroxylation is 1. The van der Waals surface area contributed by atoms with E-state index in [1.54, 1.807) is 0 Å². The molecular formula is C13H9N3O4. The first-order valence-corrected chi connectivity index (χ1v) is 5.79. The predicted molar refractivity (Wildman–Crippen MR) is 68.8 cm³/mol. The minimum Gasteiger partial charge on any atom is -0.395 e. The molecule has 2 aromatic heterocycles. The van der Waals surface area contributed by atoms with E-state index in [2.05, 4.69) is 10.1 Å². The molecule has 2 heterocycles. The highest BCUT2D eigenvalue weighted by Gasteiger charge is 2.18. The van der Waals surface area contributed by atoms with Gasteiger partial charge in [0.2, 0.25) is 5.82 Å². The lowest BCUT2D eigenvalue weighted by molar-refractivity contribution is -0.401. The van der Waals surface area contributed by atoms with Gasteiger partial charge in [0.1, 0.15) is 4.92 Å². The third-order valence-corrected chi connectivity index (χ3v) is 2.72. The van der Waals surface area contributed by atoms with Gasteiger partial charge >= 0.3 is 5.88 Å². The number of nitro groups is 1. The summed E-state index contributed by atoms with van der Waals surface area (Å²) in [6.45, 7) is 1.98. The third kappa shape index (κ3) is 2.16. The summed E-state index contributed by atoms with van der Waals surface area (Å²) in [7, 11) is 0. The smallest absolute Gasteiger partial charge is 0.395 e. The molecule has 0 aliphatic rings. The Morgan fingerprint density at radius 3 is 2.55 bits per heavy atom. The molecular weight excluding hydrogens is 262 g/mol. The number of furan rings is 1. The summed E-state index contributed by atoms with van der Waals surface area (Å²) in [4.78, 5) is 14.1. The Hall–Kier alpha value is -2.96. The second kappa shape index (κ2) is 4.61. The van der Waals surface area contributed by atoms with Crippen molar-refractivity contribution in [2.24, 2.45) is 0 Å². The van der Waals surface area contributed by atoms with Crippen LogP contribution in [0.1, 0.15) is 5.56 Å². The maximum atomic E-state index is 10.5. The number of nitrogens with zero attached hydrogens (tertiary/aromatic N) is 3. The summed E-state index contributed by atoms with van der Waals surface area (Å²) < 4.78 is 10.1. The van der Waals surface area contributed by atoms with E-state index < -0.39 is 4.92 Å². The average Bonchev–Trinajstić information content (AvgIpc) is 3.08. The molecule has 0 saturated carbocycles. The van der Waals surface area contributed by atoms with Gasteiger partial charge in [-0.05, 0) is 13.0 Å². The van der Waals surface area contributed by atoms with Crippen LogP contribution in [0, 0.1) is 17.0 Å². The second-order valence-electron chi connectivity index (χ2n) is 4.18. The van der Waals surface area contributed by atoms with Crippen molar-refractivity contribution in [3.05, 3.63) is 52.1 Å². The number of hydrogen-bond acceptors (Lipinski definition) is 6. The van der Waals surface area contributed by atoms with Crippen LogP contribution in [-0.4, -0.2) is 15.1 Å². The molecule has 3 rings (SSSR count). The highest BCUT2D eigenvalue weighted by atomic mass is 16.6. The van der Waals surface area contributed by atoms with Crippen molar-refractivity contribution in [2.45, 2.75) is 6.92 Å². The fourth-order valence-electron chi connectivity index (χ4n) is 1.68. The molecule has 0 atom stereocenters. The number of benzene rings is 1. The summed E-state index contributed by atoms with van der Waals surface area (Å²) in [6, 6.07) is 10.3. The van der Waals surface area contributed by atoms with Gasteiger partial charge in [-0.1, -0.05) is 35.0 Å². The van der Waals surface area contributed by atoms with Crippen molar-refractivity contribution in [2.75, 3.05) is 0 Å². The van der Waals surface area contributed by atoms with E-state index in [0.29, 0.717) is 5.82 Å². The van der Waals surface area contributed by atoms with Crippen LogP contribution < -0.4 is 0 Å². The Morgan fingerprint density at radius 1 is 1.15 bits per heavy atom. The van der Waals surface area contributed by atoms with Crippen LogP contribution in [0.3, 0.4) is 0 Å². The van der Waals surface area contributed by atoms with Crippen molar-refractivity contribution in [1.29, 1.82) is 0 Å². The molecule has 0 saturated heterocycles. The van der Waals surface area contributed by atoms with Gasteiger partial charge in [0.25, 0.3) is 5.89 Å². The van der Waals surface area contributed by atoms with Gasteiger partial charge < -0.3 is 8.94 Å². The lowest BCUT2D eigenvalue weighted by Gasteiger charge is -1.94. The molecule has 3 aromatic rings. The van der Waals surface area contributed by atoms with Gasteiger partial charge in [-0.15, -0.1) is 0 Å². The monoisotopic (exact) mass is 271 g/mol. The van der Waals surface area contributed by atoms with Crippen molar-refractivity contribution < 1.29 is 13.9 Å². The molecule has 0 fully saturated rings. The Labute approximate surface area is 113 Å². The van der Waals surface area contributed by atoms with E-state index in [1.807, 2.05) is 31.2 Å². The van der Waals surface area contributed by atoms with Gasteiger partial charge in [0.05, 0.1) is 6.07 Å². The Bertz CT molecular complexity index is 758. The van der Waals surface area contributed by atoms with Gasteiger partial charge in [-0.3, -0.25) is 10.1 Å². The zero-order chi connectivity index (χ0) is 14.1. The van der Waals surface area contributed by atoms with Gasteiger partial charge in [0, 0.05) is 5.56 Å². The van der Waals surface area contributed by atoms with E-state index in [-0.39, 0.29) is 17.5 Å². The molecule has 0 N–H and O–H groups in total. The van der Waals surface area contributed by atoms with Crippen molar-refractivity contribution in [1.82, 2.24) is 10.1 Å². The number of hydrogen-bond donors (Lipinski definition) is 0. The third-order valence-electron chi connectivity index (χ3n) is 2.72. The van der Waals surface area contributed by atoms with Crippen molar-refractivity contribution in [3.63, 3.8) is 0 Å². The molecule has 0 aliphatic heterocycles. The summed E-state index contributed by atoms with van der Waals surface area (Å²) in [5, 5.41) is 14.4. The zero-order valence-corrected chi connectivity index (χ0v) is 10.4. The normalized spacial score (nSPS) is 10.7. The fraction of sp³-hybridized carbons (Fsp3) is 0.0769. The van der Waals surface area contributed by atoms with E-state index >= 15 is 0 Å². The topological polar surface area (TPSA) is 95.2 Å². The standard InChI is InChI=1S/C13H9N3O4/c1-8-2-4-9(5-3-8)12-14-13(20-15-12)10-6-7-11(19-10)16(17)18/h2-7H,1H3. The molecule has 0 radical (unpaired) electrons. The Kier molecular flexibility index (Phi) is 2.79. The highest BCUT2D eigenvalue weighted by molar-refractivity contribution is 5.58. The minimum absolute atomic E-state index is 0.105. The van der Waals surface area contributed by atoms with E-state index in [1.165, 1.54) is 12.1 Å². The van der Waals surface area contributed by atoms with Crippen LogP contribution in [0.5, 0.6) is 0 Å². The van der Waals surface area contributed by atoms with Crippen molar-refractivity contribution >= 4 is 5.88 Å². The van der Waals surface area contributed by atoms with Crippen LogP contribution >= 0.6 is 0 Å². The zero-order valence-electron chi connectivity index (χ0n) is 10.4. The van der Waals surface area contributed by atoms with E-state index in [9.17, 15) is 10.1 Å². The quantitative estimate of drug-likeness (QED) is 0.536. The van der Waals surface area contributed by atoms with Crippen LogP contribution in [0.4, 0.5) is 5.88 Å². The largest absolute Gasteiger partial charge is 0.433 e. The van der Waals surface area contributed by atoms with Crippen LogP contribution in [-0.2, 0) is 0 Å². The molecule has 7 nitrogen and oxygen atoms in total. The van der Waals surface area contributed by atoms with Crippen molar-refractivity contribution in [3.8, 4) is 23.0 Å². The second-order valence-corrected chi connectivity index (χ2v) is 4.18. The Morgan fingerprint density at radius 2 is 1.90 bits per heavy atom. The maximum Gasteiger partial charge on any atom is 0.433 e. The molecule has 0 unspecified atom stereocenters. The highest BCUT2D eigenvalue weighted by Crippen LogP contribution is 2.26. The minimum atomic E-state index is -0.624. The molecule has 1 aromatic carbocycles. The van der Waals surface area contributed by atoms with Crippen LogP contribution in [0.25, 0.3) is 23.0 Å². The average molecular weight is 271 g/mol. The molecule has 0 bridgehead atoms. The molecule has 0 amide bonds. The SMILES string of the molecule is Cc1ccc(-c2noc(-c3ccc([N+](=O)[O-])o3)n2)cc1. The van der Waals surface area contributed by atoms with E-state index in [0.717, 1.165) is 11.1 Å². The Balaban J connectivity index is 1.93. The summed E-state index contributed by atoms with van der Waals surface area (Å²) >= 11 is 0. The van der Waals surface area contributed by atoms with Gasteiger partial charge in [-0.2, -0.15) is 4.98 Å². The van der Waals surface area contributed by atoms with E-state index in [4.69, 9.17) is 8.94 Å². The van der Waals surface area contributed by atoms with Crippen LogP contribution in [0.2, 0.25) is 0 Å². The lowest BCUT2D eigenvalue weighted by Crippen LogP contribution is -1.83. The molecule has 100 valence electrons. The first kappa shape index (κ1) is 12.1.